The van der Waals surface area contributed by atoms with Gasteiger partial charge >= 0.3 is 0 Å². The van der Waals surface area contributed by atoms with Gasteiger partial charge in [-0.1, -0.05) is 15.9 Å². The molecule has 1 aliphatic rings. The fraction of sp³-hybridized carbons (Fsp3) is 0.364. The van der Waals surface area contributed by atoms with Gasteiger partial charge in [0.2, 0.25) is 0 Å². The lowest BCUT2D eigenvalue weighted by atomic mass is 10.0. The molecule has 0 saturated carbocycles. The topological polar surface area (TPSA) is 29.5 Å². The molecular weight excluding hydrogens is 258 g/mol. The van der Waals surface area contributed by atoms with E-state index in [-0.39, 0.29) is 5.91 Å². The van der Waals surface area contributed by atoms with Crippen LogP contribution in [0, 0.1) is 0 Å². The van der Waals surface area contributed by atoms with E-state index < -0.39 is 5.60 Å². The van der Waals surface area contributed by atoms with Gasteiger partial charge in [-0.2, -0.15) is 0 Å². The third-order valence-electron chi connectivity index (χ3n) is 2.47. The number of carbonyl (C=O) groups excluding carboxylic acids is 1. The van der Waals surface area contributed by atoms with Gasteiger partial charge in [0, 0.05) is 11.5 Å². The summed E-state index contributed by atoms with van der Waals surface area (Å²) in [5.74, 6) is 0.703. The van der Waals surface area contributed by atoms with E-state index in [1.165, 1.54) is 0 Å². The van der Waals surface area contributed by atoms with E-state index in [0.717, 1.165) is 15.9 Å². The highest BCUT2D eigenvalue weighted by Gasteiger charge is 2.39. The summed E-state index contributed by atoms with van der Waals surface area (Å²) in [4.78, 5) is 13.5. The molecule has 15 heavy (non-hydrogen) atoms. The Balaban J connectivity index is 2.55. The number of nitrogens with zero attached hydrogens (tertiary/aromatic N) is 1. The lowest BCUT2D eigenvalue weighted by Gasteiger charge is -2.36. The number of benzene rings is 1. The van der Waals surface area contributed by atoms with Crippen molar-refractivity contribution in [1.82, 2.24) is 0 Å². The number of likely N-dealkylation sites (N-methyl/N-ethyl adjacent to an activating group) is 1. The first-order valence-corrected chi connectivity index (χ1v) is 5.48. The standard InChI is InChI=1S/C11H12BrNO2/c1-11(2)10(14)13(3)8-5-4-7(12)6-9(8)15-11/h4-6H,1-3H3. The summed E-state index contributed by atoms with van der Waals surface area (Å²) in [6, 6.07) is 5.64. The predicted octanol–water partition coefficient (Wildman–Crippen LogP) is 2.58. The minimum absolute atomic E-state index is 0.0303. The van der Waals surface area contributed by atoms with Crippen molar-refractivity contribution in [3.63, 3.8) is 0 Å². The van der Waals surface area contributed by atoms with Crippen molar-refractivity contribution in [3.05, 3.63) is 22.7 Å². The Kier molecular flexibility index (Phi) is 2.26. The number of ether oxygens (including phenoxy) is 1. The summed E-state index contributed by atoms with van der Waals surface area (Å²) in [5.41, 5.74) is 0.0188. The number of fused-ring (bicyclic) bond motifs is 1. The molecule has 0 bridgehead atoms. The Morgan fingerprint density at radius 1 is 1.40 bits per heavy atom. The van der Waals surface area contributed by atoms with Crippen LogP contribution in [-0.4, -0.2) is 18.6 Å². The van der Waals surface area contributed by atoms with Crippen molar-refractivity contribution in [2.24, 2.45) is 0 Å². The Hall–Kier alpha value is -1.03. The maximum Gasteiger partial charge on any atom is 0.270 e. The molecule has 4 heteroatoms. The summed E-state index contributed by atoms with van der Waals surface area (Å²) in [5, 5.41) is 0. The van der Waals surface area contributed by atoms with Gasteiger partial charge in [0.05, 0.1) is 5.69 Å². The number of hydrogen-bond donors (Lipinski definition) is 0. The molecular formula is C11H12BrNO2. The monoisotopic (exact) mass is 269 g/mol. The van der Waals surface area contributed by atoms with E-state index in [1.54, 1.807) is 25.8 Å². The maximum absolute atomic E-state index is 11.9. The van der Waals surface area contributed by atoms with Gasteiger partial charge in [0.15, 0.2) is 5.60 Å². The second-order valence-electron chi connectivity index (χ2n) is 4.09. The number of anilines is 1. The van der Waals surface area contributed by atoms with Crippen LogP contribution < -0.4 is 9.64 Å². The highest BCUT2D eigenvalue weighted by atomic mass is 79.9. The molecule has 0 aromatic heterocycles. The van der Waals surface area contributed by atoms with Gasteiger partial charge in [-0.25, -0.2) is 0 Å². The van der Waals surface area contributed by atoms with Crippen molar-refractivity contribution in [3.8, 4) is 5.75 Å². The molecule has 1 heterocycles. The van der Waals surface area contributed by atoms with Crippen LogP contribution in [0.25, 0.3) is 0 Å². The van der Waals surface area contributed by atoms with E-state index in [4.69, 9.17) is 4.74 Å². The highest BCUT2D eigenvalue weighted by molar-refractivity contribution is 9.10. The van der Waals surface area contributed by atoms with Crippen LogP contribution in [0.1, 0.15) is 13.8 Å². The summed E-state index contributed by atoms with van der Waals surface area (Å²) >= 11 is 3.38. The summed E-state index contributed by atoms with van der Waals surface area (Å²) in [6.07, 6.45) is 0. The van der Waals surface area contributed by atoms with Crippen LogP contribution in [0.15, 0.2) is 22.7 Å². The van der Waals surface area contributed by atoms with Crippen molar-refractivity contribution in [1.29, 1.82) is 0 Å². The molecule has 3 nitrogen and oxygen atoms in total. The molecule has 0 N–H and O–H groups in total. The fourth-order valence-electron chi connectivity index (χ4n) is 1.68. The zero-order chi connectivity index (χ0) is 11.2. The van der Waals surface area contributed by atoms with Gasteiger partial charge in [0.1, 0.15) is 5.75 Å². The second-order valence-corrected chi connectivity index (χ2v) is 5.00. The zero-order valence-electron chi connectivity index (χ0n) is 8.87. The van der Waals surface area contributed by atoms with Crippen molar-refractivity contribution >= 4 is 27.5 Å². The van der Waals surface area contributed by atoms with E-state index in [1.807, 2.05) is 18.2 Å². The average Bonchev–Trinajstić information content (AvgIpc) is 2.13. The van der Waals surface area contributed by atoms with Crippen molar-refractivity contribution in [2.45, 2.75) is 19.4 Å². The molecule has 0 atom stereocenters. The molecule has 80 valence electrons. The minimum Gasteiger partial charge on any atom is -0.476 e. The Bertz CT molecular complexity index is 429. The van der Waals surface area contributed by atoms with Crippen LogP contribution >= 0.6 is 15.9 Å². The van der Waals surface area contributed by atoms with Gasteiger partial charge < -0.3 is 9.64 Å². The summed E-state index contributed by atoms with van der Waals surface area (Å²) < 4.78 is 6.61. The van der Waals surface area contributed by atoms with Crippen LogP contribution in [-0.2, 0) is 4.79 Å². The fourth-order valence-corrected chi connectivity index (χ4v) is 2.02. The molecule has 1 aliphatic heterocycles. The molecule has 0 fully saturated rings. The Morgan fingerprint density at radius 2 is 2.07 bits per heavy atom. The number of carbonyl (C=O) groups is 1. The van der Waals surface area contributed by atoms with Gasteiger partial charge in [-0.05, 0) is 32.0 Å². The van der Waals surface area contributed by atoms with Crippen LogP contribution in [0.5, 0.6) is 5.75 Å². The highest BCUT2D eigenvalue weighted by Crippen LogP contribution is 2.38. The largest absolute Gasteiger partial charge is 0.476 e. The van der Waals surface area contributed by atoms with Gasteiger partial charge in [0.25, 0.3) is 5.91 Å². The average molecular weight is 270 g/mol. The molecule has 0 aliphatic carbocycles. The van der Waals surface area contributed by atoms with E-state index in [2.05, 4.69) is 15.9 Å². The van der Waals surface area contributed by atoms with E-state index in [0.29, 0.717) is 0 Å². The lowest BCUT2D eigenvalue weighted by molar-refractivity contribution is -0.132. The number of halogens is 1. The second kappa shape index (κ2) is 3.23. The van der Waals surface area contributed by atoms with Crippen molar-refractivity contribution < 1.29 is 9.53 Å². The first kappa shape index (κ1) is 10.5. The first-order valence-electron chi connectivity index (χ1n) is 4.68. The molecule has 1 aromatic rings. The smallest absolute Gasteiger partial charge is 0.270 e. The number of hydrogen-bond acceptors (Lipinski definition) is 2. The molecule has 1 aromatic carbocycles. The molecule has 0 saturated heterocycles. The quantitative estimate of drug-likeness (QED) is 0.725. The van der Waals surface area contributed by atoms with Gasteiger partial charge in [-0.15, -0.1) is 0 Å². The van der Waals surface area contributed by atoms with Crippen LogP contribution in [0.2, 0.25) is 0 Å². The maximum atomic E-state index is 11.9. The minimum atomic E-state index is -0.789. The van der Waals surface area contributed by atoms with E-state index >= 15 is 0 Å². The van der Waals surface area contributed by atoms with Crippen LogP contribution in [0.3, 0.4) is 0 Å². The Morgan fingerprint density at radius 3 is 2.73 bits per heavy atom. The van der Waals surface area contributed by atoms with Gasteiger partial charge in [-0.3, -0.25) is 4.79 Å². The zero-order valence-corrected chi connectivity index (χ0v) is 10.5. The number of amides is 1. The summed E-state index contributed by atoms with van der Waals surface area (Å²) in [6.45, 7) is 3.55. The SMILES string of the molecule is CN1C(=O)C(C)(C)Oc2cc(Br)ccc21. The normalized spacial score (nSPS) is 18.4. The van der Waals surface area contributed by atoms with Crippen molar-refractivity contribution in [2.75, 3.05) is 11.9 Å². The first-order chi connectivity index (χ1) is 6.92. The molecule has 0 unspecified atom stereocenters. The van der Waals surface area contributed by atoms with Crippen LogP contribution in [0.4, 0.5) is 5.69 Å². The summed E-state index contributed by atoms with van der Waals surface area (Å²) in [7, 11) is 1.76. The molecule has 1 amide bonds. The predicted molar refractivity (Wildman–Crippen MR) is 62.3 cm³/mol. The number of rotatable bonds is 0. The third kappa shape index (κ3) is 1.63. The molecule has 0 spiro atoms. The lowest BCUT2D eigenvalue weighted by Crippen LogP contribution is -2.50. The Labute approximate surface area is 97.2 Å². The molecule has 2 rings (SSSR count). The molecule has 0 radical (unpaired) electrons. The third-order valence-corrected chi connectivity index (χ3v) is 2.96. The van der Waals surface area contributed by atoms with E-state index in [9.17, 15) is 4.79 Å².